The third-order valence-corrected chi connectivity index (χ3v) is 8.84. The van der Waals surface area contributed by atoms with Crippen LogP contribution in [-0.2, 0) is 14.3 Å². The molecule has 3 N–H and O–H groups in total. The molecule has 1 heterocycles. The lowest BCUT2D eigenvalue weighted by Crippen LogP contribution is -2.44. The van der Waals surface area contributed by atoms with Crippen molar-refractivity contribution in [1.82, 2.24) is 5.32 Å². The first-order chi connectivity index (χ1) is 20.2. The molecule has 1 aliphatic heterocycles. The van der Waals surface area contributed by atoms with Crippen molar-refractivity contribution in [2.75, 3.05) is 25.6 Å². The maximum absolute atomic E-state index is 14.8. The fourth-order valence-corrected chi connectivity index (χ4v) is 5.81. The van der Waals surface area contributed by atoms with Gasteiger partial charge in [0.2, 0.25) is 5.91 Å². The van der Waals surface area contributed by atoms with Crippen LogP contribution < -0.4 is 20.1 Å². The van der Waals surface area contributed by atoms with Crippen molar-refractivity contribution in [2.45, 2.75) is 49.6 Å². The van der Waals surface area contributed by atoms with Gasteiger partial charge in [-0.25, -0.2) is 8.78 Å². The molecule has 0 spiro atoms. The van der Waals surface area contributed by atoms with Crippen LogP contribution in [0.4, 0.5) is 33.9 Å². The third kappa shape index (κ3) is 7.31. The number of hydrogen-bond acceptors (Lipinski definition) is 6. The first kappa shape index (κ1) is 33.2. The molecule has 2 amide bonds. The van der Waals surface area contributed by atoms with Crippen LogP contribution in [0.15, 0.2) is 35.2 Å². The van der Waals surface area contributed by atoms with Gasteiger partial charge in [-0.2, -0.15) is 0 Å². The van der Waals surface area contributed by atoms with Crippen LogP contribution in [0.3, 0.4) is 0 Å². The second-order valence-electron chi connectivity index (χ2n) is 11.0. The SMILES string of the molecule is COc1cc(F)c(O[C@H]2CC[C@@](C)(C(=O)O)CC2)cc1C(=O)N[C@@H]1COC[C@@H]1C(=O)Nc1ccc(F)c(S(F)(F)(F)(F)F)c1. The molecule has 2 aromatic rings. The van der Waals surface area contributed by atoms with Crippen LogP contribution in [0.1, 0.15) is 43.0 Å². The van der Waals surface area contributed by atoms with Crippen LogP contribution in [0.5, 0.6) is 11.5 Å². The Hall–Kier alpha value is -3.73. The molecule has 2 atom stereocenters. The smallest absolute Gasteiger partial charge is 0.313 e. The Morgan fingerprint density at radius 2 is 1.64 bits per heavy atom. The number of rotatable bonds is 9. The van der Waals surface area contributed by atoms with E-state index in [0.29, 0.717) is 31.7 Å². The predicted octanol–water partition coefficient (Wildman–Crippen LogP) is 6.43. The van der Waals surface area contributed by atoms with Gasteiger partial charge in [-0.05, 0) is 56.9 Å². The van der Waals surface area contributed by atoms with E-state index in [9.17, 15) is 47.7 Å². The lowest BCUT2D eigenvalue weighted by atomic mass is 9.75. The van der Waals surface area contributed by atoms with Crippen LogP contribution in [-0.4, -0.2) is 55.4 Å². The normalized spacial score (nSPS) is 25.3. The summed E-state index contributed by atoms with van der Waals surface area (Å²) in [6, 6.07) is 1.53. The Balaban J connectivity index is 1.48. The zero-order valence-corrected chi connectivity index (χ0v) is 24.1. The molecule has 2 aliphatic rings. The van der Waals surface area contributed by atoms with Gasteiger partial charge >= 0.3 is 16.2 Å². The number of carboxylic acid groups (broad SMARTS) is 1. The van der Waals surface area contributed by atoms with E-state index >= 15 is 0 Å². The number of carboxylic acids is 1. The molecule has 44 heavy (non-hydrogen) atoms. The molecule has 1 saturated heterocycles. The van der Waals surface area contributed by atoms with Gasteiger partial charge in [-0.1, -0.05) is 19.4 Å². The fraction of sp³-hybridized carbons (Fsp3) is 0.444. The summed E-state index contributed by atoms with van der Waals surface area (Å²) in [7, 11) is -9.23. The van der Waals surface area contributed by atoms with Gasteiger partial charge in [0.15, 0.2) is 11.6 Å². The second kappa shape index (κ2) is 11.0. The average molecular weight is 659 g/mol. The molecule has 17 heteroatoms. The Labute approximate surface area is 246 Å². The number of anilines is 1. The fourth-order valence-electron chi connectivity index (χ4n) is 5.02. The number of amides is 2. The Morgan fingerprint density at radius 1 is 0.977 bits per heavy atom. The third-order valence-electron chi connectivity index (χ3n) is 7.69. The Kier molecular flexibility index (Phi) is 8.30. The monoisotopic (exact) mass is 658 g/mol. The van der Waals surface area contributed by atoms with E-state index in [1.165, 1.54) is 7.11 Å². The van der Waals surface area contributed by atoms with Gasteiger partial charge in [0, 0.05) is 11.8 Å². The summed E-state index contributed by atoms with van der Waals surface area (Å²) < 4.78 is 111. The van der Waals surface area contributed by atoms with E-state index in [4.69, 9.17) is 14.2 Å². The van der Waals surface area contributed by atoms with Gasteiger partial charge in [-0.15, -0.1) is 0 Å². The van der Waals surface area contributed by atoms with Crippen molar-refractivity contribution in [1.29, 1.82) is 0 Å². The van der Waals surface area contributed by atoms with Crippen molar-refractivity contribution in [2.24, 2.45) is 11.3 Å². The van der Waals surface area contributed by atoms with E-state index in [0.717, 1.165) is 12.1 Å². The lowest BCUT2D eigenvalue weighted by molar-refractivity contribution is -0.150. The van der Waals surface area contributed by atoms with Crippen LogP contribution in [0, 0.1) is 23.0 Å². The molecule has 0 aromatic heterocycles. The first-order valence-corrected chi connectivity index (χ1v) is 15.2. The van der Waals surface area contributed by atoms with Gasteiger partial charge in [-0.3, -0.25) is 14.4 Å². The highest BCUT2D eigenvalue weighted by Crippen LogP contribution is 3.02. The van der Waals surface area contributed by atoms with Crippen molar-refractivity contribution < 1.29 is 61.9 Å². The maximum Gasteiger partial charge on any atom is 0.313 e. The minimum absolute atomic E-state index is 0.145. The summed E-state index contributed by atoms with van der Waals surface area (Å²) >= 11 is 0. The Morgan fingerprint density at radius 3 is 2.23 bits per heavy atom. The van der Waals surface area contributed by atoms with Crippen molar-refractivity contribution in [3.05, 3.63) is 47.5 Å². The van der Waals surface area contributed by atoms with E-state index in [2.05, 4.69) is 5.32 Å². The van der Waals surface area contributed by atoms with Gasteiger partial charge in [0.25, 0.3) is 5.91 Å². The summed E-state index contributed by atoms with van der Waals surface area (Å²) in [5.74, 6) is -7.57. The standard InChI is InChI=1S/C27H29F7N2O7S/c1-27(26(39)40)7-5-15(6-8-27)43-22-10-16(21(41-2)11-19(22)29)24(37)36-20-13-42-12-17(20)25(38)35-14-3-4-18(28)23(9-14)44(30,31,32,33)34/h3-4,9-11,15,17,20H,5-8,12-13H2,1-2H3,(H,35,38)(H,36,37)(H,39,40)/t15-,17-,20+,27+/m0/s1. The minimum atomic E-state index is -10.4. The molecule has 1 saturated carbocycles. The highest BCUT2D eigenvalue weighted by molar-refractivity contribution is 8.45. The van der Waals surface area contributed by atoms with E-state index in [1.807, 2.05) is 5.32 Å². The molecule has 1 aliphatic carbocycles. The Bertz CT molecular complexity index is 1480. The lowest BCUT2D eigenvalue weighted by Gasteiger charge is -2.40. The van der Waals surface area contributed by atoms with E-state index < -0.39 is 73.7 Å². The zero-order chi connectivity index (χ0) is 32.7. The summed E-state index contributed by atoms with van der Waals surface area (Å²) in [6.07, 6.45) is 0.710. The van der Waals surface area contributed by atoms with Crippen LogP contribution in [0.2, 0.25) is 0 Å². The predicted molar refractivity (Wildman–Crippen MR) is 144 cm³/mol. The average Bonchev–Trinajstić information content (AvgIpc) is 3.38. The molecule has 0 radical (unpaired) electrons. The first-order valence-electron chi connectivity index (χ1n) is 13.2. The molecule has 2 fully saturated rings. The number of halogens is 7. The number of methoxy groups -OCH3 is 1. The molecule has 244 valence electrons. The quantitative estimate of drug-likeness (QED) is 0.266. The molecule has 4 rings (SSSR count). The molecule has 9 nitrogen and oxygen atoms in total. The number of aliphatic carboxylic acids is 1. The molecule has 0 bridgehead atoms. The number of carbonyl (C=O) groups is 3. The maximum atomic E-state index is 14.8. The van der Waals surface area contributed by atoms with Gasteiger partial charge in [0.05, 0.1) is 49.4 Å². The zero-order valence-electron chi connectivity index (χ0n) is 23.3. The topological polar surface area (TPSA) is 123 Å². The van der Waals surface area contributed by atoms with Crippen molar-refractivity contribution >= 4 is 33.7 Å². The van der Waals surface area contributed by atoms with Crippen LogP contribution in [0.25, 0.3) is 0 Å². The second-order valence-corrected chi connectivity index (χ2v) is 13.4. The summed E-state index contributed by atoms with van der Waals surface area (Å²) in [4.78, 5) is 34.8. The summed E-state index contributed by atoms with van der Waals surface area (Å²) in [6.45, 7) is 1.08. The van der Waals surface area contributed by atoms with E-state index in [1.54, 1.807) is 6.92 Å². The van der Waals surface area contributed by atoms with Crippen molar-refractivity contribution in [3.63, 3.8) is 0 Å². The summed E-state index contributed by atoms with van der Waals surface area (Å²) in [5, 5.41) is 13.9. The van der Waals surface area contributed by atoms with Crippen LogP contribution >= 0.6 is 10.2 Å². The number of benzene rings is 2. The number of carbonyl (C=O) groups excluding carboxylic acids is 2. The van der Waals surface area contributed by atoms with Gasteiger partial charge in [0.1, 0.15) is 16.5 Å². The molecule has 0 unspecified atom stereocenters. The molecule has 2 aromatic carbocycles. The molecular weight excluding hydrogens is 629 g/mol. The minimum Gasteiger partial charge on any atom is -0.496 e. The number of nitrogens with one attached hydrogen (secondary N) is 2. The largest absolute Gasteiger partial charge is 0.496 e. The highest BCUT2D eigenvalue weighted by atomic mass is 32.5. The van der Waals surface area contributed by atoms with E-state index in [-0.39, 0.29) is 42.4 Å². The van der Waals surface area contributed by atoms with Gasteiger partial charge < -0.3 is 30.0 Å². The number of hydrogen-bond donors (Lipinski definition) is 3. The number of ether oxygens (including phenoxy) is 3. The summed E-state index contributed by atoms with van der Waals surface area (Å²) in [5.41, 5.74) is -1.88. The molecular formula is C27H29F7N2O7S. The van der Waals surface area contributed by atoms with Crippen molar-refractivity contribution in [3.8, 4) is 11.5 Å². The highest BCUT2D eigenvalue weighted by Gasteiger charge is 2.67.